The maximum Gasteiger partial charge on any atom is 0.185 e. The number of ether oxygens (including phenoxy) is 2. The first-order valence-corrected chi connectivity index (χ1v) is 3.47. The lowest BCUT2D eigenvalue weighted by atomic mass is 10.0. The summed E-state index contributed by atoms with van der Waals surface area (Å²) in [5.74, 6) is 0. The van der Waals surface area contributed by atoms with Gasteiger partial charge in [0.2, 0.25) is 0 Å². The monoisotopic (exact) mass is 160 g/mol. The van der Waals surface area contributed by atoms with E-state index in [1.807, 2.05) is 0 Å². The zero-order chi connectivity index (χ0) is 8.91. The quantitative estimate of drug-likeness (QED) is 0.480. The third-order valence-corrected chi connectivity index (χ3v) is 1.49. The van der Waals surface area contributed by atoms with E-state index in [9.17, 15) is 5.11 Å². The largest absolute Gasteiger partial charge is 0.385 e. The molecule has 0 fully saturated rings. The molecule has 0 aliphatic carbocycles. The molecule has 0 aromatic heterocycles. The van der Waals surface area contributed by atoms with Crippen LogP contribution in [-0.4, -0.2) is 31.2 Å². The van der Waals surface area contributed by atoms with E-state index in [0.717, 1.165) is 0 Å². The van der Waals surface area contributed by atoms with Gasteiger partial charge in [-0.25, -0.2) is 0 Å². The van der Waals surface area contributed by atoms with Gasteiger partial charge in [0.15, 0.2) is 6.29 Å². The van der Waals surface area contributed by atoms with Crippen LogP contribution in [0.1, 0.15) is 13.3 Å². The number of aliphatic hydroxyl groups is 1. The molecule has 1 atom stereocenters. The molecule has 1 unspecified atom stereocenters. The van der Waals surface area contributed by atoms with Gasteiger partial charge >= 0.3 is 0 Å². The standard InChI is InChI=1S/C8H16O3/c1-5-6-8(2,9)7(10-3)11-4/h5,7,9H,1,6H2,2-4H3. The third-order valence-electron chi connectivity index (χ3n) is 1.49. The Morgan fingerprint density at radius 2 is 2.00 bits per heavy atom. The zero-order valence-corrected chi connectivity index (χ0v) is 7.33. The lowest BCUT2D eigenvalue weighted by Gasteiger charge is -2.29. The summed E-state index contributed by atoms with van der Waals surface area (Å²) in [5.41, 5.74) is -0.995. The minimum atomic E-state index is -0.995. The highest BCUT2D eigenvalue weighted by atomic mass is 16.7. The van der Waals surface area contributed by atoms with Gasteiger partial charge in [0.25, 0.3) is 0 Å². The topological polar surface area (TPSA) is 38.7 Å². The molecular weight excluding hydrogens is 144 g/mol. The summed E-state index contributed by atoms with van der Waals surface area (Å²) in [5, 5.41) is 9.65. The van der Waals surface area contributed by atoms with Gasteiger partial charge in [-0.15, -0.1) is 6.58 Å². The second-order valence-corrected chi connectivity index (χ2v) is 2.65. The van der Waals surface area contributed by atoms with Crippen LogP contribution in [0.15, 0.2) is 12.7 Å². The van der Waals surface area contributed by atoms with E-state index >= 15 is 0 Å². The van der Waals surface area contributed by atoms with Crippen LogP contribution in [0.4, 0.5) is 0 Å². The fourth-order valence-corrected chi connectivity index (χ4v) is 0.992. The molecule has 66 valence electrons. The molecule has 11 heavy (non-hydrogen) atoms. The Kier molecular flexibility index (Phi) is 4.33. The molecule has 0 saturated carbocycles. The van der Waals surface area contributed by atoms with E-state index in [4.69, 9.17) is 9.47 Å². The minimum absolute atomic E-state index is 0.444. The molecule has 3 heteroatoms. The Balaban J connectivity index is 4.10. The van der Waals surface area contributed by atoms with Gasteiger partial charge in [-0.3, -0.25) is 0 Å². The average Bonchev–Trinajstić information content (AvgIpc) is 1.89. The van der Waals surface area contributed by atoms with E-state index in [-0.39, 0.29) is 0 Å². The molecule has 1 N–H and O–H groups in total. The molecule has 0 bridgehead atoms. The molecule has 0 aliphatic heterocycles. The van der Waals surface area contributed by atoms with Gasteiger partial charge in [0, 0.05) is 14.2 Å². The number of methoxy groups -OCH3 is 2. The molecular formula is C8H16O3. The first-order chi connectivity index (χ1) is 5.08. The highest BCUT2D eigenvalue weighted by molar-refractivity contribution is 4.85. The fraction of sp³-hybridized carbons (Fsp3) is 0.750. The van der Waals surface area contributed by atoms with Crippen LogP contribution >= 0.6 is 0 Å². The summed E-state index contributed by atoms with van der Waals surface area (Å²) < 4.78 is 9.79. The Hall–Kier alpha value is -0.380. The third kappa shape index (κ3) is 3.01. The van der Waals surface area contributed by atoms with Gasteiger partial charge < -0.3 is 14.6 Å². The van der Waals surface area contributed by atoms with Gasteiger partial charge in [-0.2, -0.15) is 0 Å². The molecule has 0 aliphatic rings. The lowest BCUT2D eigenvalue weighted by molar-refractivity contribution is -0.206. The van der Waals surface area contributed by atoms with Crippen molar-refractivity contribution in [1.82, 2.24) is 0 Å². The van der Waals surface area contributed by atoms with Crippen molar-refractivity contribution in [2.45, 2.75) is 25.2 Å². The van der Waals surface area contributed by atoms with Crippen LogP contribution in [0.25, 0.3) is 0 Å². The van der Waals surface area contributed by atoms with Crippen LogP contribution in [0.3, 0.4) is 0 Å². The van der Waals surface area contributed by atoms with Gasteiger partial charge in [0.05, 0.1) is 0 Å². The summed E-state index contributed by atoms with van der Waals surface area (Å²) >= 11 is 0. The first kappa shape index (κ1) is 10.6. The van der Waals surface area contributed by atoms with Gasteiger partial charge in [-0.1, -0.05) is 6.08 Å². The molecule has 0 spiro atoms. The van der Waals surface area contributed by atoms with Crippen LogP contribution < -0.4 is 0 Å². The van der Waals surface area contributed by atoms with Crippen molar-refractivity contribution in [3.8, 4) is 0 Å². The molecule has 0 rings (SSSR count). The van der Waals surface area contributed by atoms with E-state index in [0.29, 0.717) is 6.42 Å². The summed E-state index contributed by atoms with van der Waals surface area (Å²) in [7, 11) is 2.98. The number of rotatable bonds is 5. The van der Waals surface area contributed by atoms with Crippen LogP contribution in [0.5, 0.6) is 0 Å². The smallest absolute Gasteiger partial charge is 0.185 e. The maximum atomic E-state index is 9.65. The Morgan fingerprint density at radius 3 is 2.27 bits per heavy atom. The van der Waals surface area contributed by atoms with Crippen molar-refractivity contribution >= 4 is 0 Å². The van der Waals surface area contributed by atoms with Crippen molar-refractivity contribution in [3.05, 3.63) is 12.7 Å². The molecule has 0 aromatic carbocycles. The van der Waals surface area contributed by atoms with Crippen molar-refractivity contribution < 1.29 is 14.6 Å². The summed E-state index contributed by atoms with van der Waals surface area (Å²) in [6.07, 6.45) is 1.48. The minimum Gasteiger partial charge on any atom is -0.385 e. The highest BCUT2D eigenvalue weighted by Crippen LogP contribution is 2.17. The lowest BCUT2D eigenvalue weighted by Crippen LogP contribution is -2.41. The summed E-state index contributed by atoms with van der Waals surface area (Å²) in [6.45, 7) is 5.17. The van der Waals surface area contributed by atoms with E-state index in [1.165, 1.54) is 14.2 Å². The summed E-state index contributed by atoms with van der Waals surface area (Å²) in [6, 6.07) is 0. The normalized spacial score (nSPS) is 16.5. The molecule has 0 radical (unpaired) electrons. The summed E-state index contributed by atoms with van der Waals surface area (Å²) in [4.78, 5) is 0. The van der Waals surface area contributed by atoms with E-state index in [1.54, 1.807) is 13.0 Å². The van der Waals surface area contributed by atoms with Gasteiger partial charge in [-0.05, 0) is 13.3 Å². The predicted octanol–water partition coefficient (Wildman–Crippen LogP) is 0.932. The second-order valence-electron chi connectivity index (χ2n) is 2.65. The van der Waals surface area contributed by atoms with E-state index in [2.05, 4.69) is 6.58 Å². The Labute approximate surface area is 67.6 Å². The Bertz CT molecular complexity index is 117. The van der Waals surface area contributed by atoms with Crippen LogP contribution in [0.2, 0.25) is 0 Å². The molecule has 0 saturated heterocycles. The van der Waals surface area contributed by atoms with Crippen LogP contribution in [-0.2, 0) is 9.47 Å². The average molecular weight is 160 g/mol. The maximum absolute atomic E-state index is 9.65. The highest BCUT2D eigenvalue weighted by Gasteiger charge is 2.30. The van der Waals surface area contributed by atoms with Crippen molar-refractivity contribution in [1.29, 1.82) is 0 Å². The first-order valence-electron chi connectivity index (χ1n) is 3.47. The van der Waals surface area contributed by atoms with Crippen molar-refractivity contribution in [2.24, 2.45) is 0 Å². The second kappa shape index (κ2) is 4.49. The Morgan fingerprint density at radius 1 is 1.55 bits per heavy atom. The predicted molar refractivity (Wildman–Crippen MR) is 43.2 cm³/mol. The van der Waals surface area contributed by atoms with Crippen molar-refractivity contribution in [3.63, 3.8) is 0 Å². The molecule has 0 amide bonds. The van der Waals surface area contributed by atoms with Gasteiger partial charge in [0.1, 0.15) is 5.60 Å². The number of hydrogen-bond donors (Lipinski definition) is 1. The molecule has 0 heterocycles. The van der Waals surface area contributed by atoms with E-state index < -0.39 is 11.9 Å². The molecule has 3 nitrogen and oxygen atoms in total. The number of hydrogen-bond acceptors (Lipinski definition) is 3. The van der Waals surface area contributed by atoms with Crippen molar-refractivity contribution in [2.75, 3.05) is 14.2 Å². The zero-order valence-electron chi connectivity index (χ0n) is 7.33. The SMILES string of the molecule is C=CCC(C)(O)C(OC)OC. The van der Waals surface area contributed by atoms with Crippen LogP contribution in [0, 0.1) is 0 Å². The fourth-order valence-electron chi connectivity index (χ4n) is 0.992. The molecule has 0 aromatic rings.